The molecule has 1 atom stereocenters. The van der Waals surface area contributed by atoms with Crippen LogP contribution in [0.3, 0.4) is 0 Å². The quantitative estimate of drug-likeness (QED) is 0.295. The van der Waals surface area contributed by atoms with Gasteiger partial charge in [-0.1, -0.05) is 60.6 Å². The van der Waals surface area contributed by atoms with E-state index in [2.05, 4.69) is 20.5 Å². The normalized spacial score (nSPS) is 12.3. The zero-order valence-electron chi connectivity index (χ0n) is 17.0. The van der Waals surface area contributed by atoms with Gasteiger partial charge in [-0.25, -0.2) is 4.98 Å². The van der Waals surface area contributed by atoms with Crippen LogP contribution in [0.5, 0.6) is 0 Å². The van der Waals surface area contributed by atoms with Crippen molar-refractivity contribution in [2.75, 3.05) is 5.32 Å². The molecule has 0 aliphatic carbocycles. The molecule has 0 radical (unpaired) electrons. The predicted octanol–water partition coefficient (Wildman–Crippen LogP) is 6.17. The maximum atomic E-state index is 13.0. The fourth-order valence-electron chi connectivity index (χ4n) is 3.41. The van der Waals surface area contributed by atoms with E-state index in [1.54, 1.807) is 0 Å². The van der Waals surface area contributed by atoms with E-state index >= 15 is 0 Å². The van der Waals surface area contributed by atoms with Crippen molar-refractivity contribution < 1.29 is 4.79 Å². The van der Waals surface area contributed by atoms with E-state index < -0.39 is 0 Å². The van der Waals surface area contributed by atoms with Crippen LogP contribution in [0.25, 0.3) is 27.8 Å². The standard InChI is InChI=1S/C23H18ClN5OS2/c1-2-19(21(30)26-22-25-17(13-31-22)14-7-10-16(24)11-8-14)32-23-28-27-20-12-9-15-5-3-4-6-18(15)29(20)23/h3-13,19H,2H2,1H3,(H,25,26,30). The molecule has 1 unspecified atom stereocenters. The summed E-state index contributed by atoms with van der Waals surface area (Å²) in [5.74, 6) is -0.105. The van der Waals surface area contributed by atoms with Gasteiger partial charge in [0.05, 0.1) is 16.5 Å². The first-order chi connectivity index (χ1) is 15.6. The van der Waals surface area contributed by atoms with Crippen LogP contribution in [0, 0.1) is 0 Å². The summed E-state index contributed by atoms with van der Waals surface area (Å²) in [4.78, 5) is 17.6. The van der Waals surface area contributed by atoms with E-state index in [1.165, 1.54) is 23.1 Å². The Bertz CT molecular complexity index is 1410. The van der Waals surface area contributed by atoms with Crippen molar-refractivity contribution in [1.82, 2.24) is 19.6 Å². The Kier molecular flexibility index (Phi) is 5.82. The van der Waals surface area contributed by atoms with Gasteiger partial charge in [-0.2, -0.15) is 0 Å². The lowest BCUT2D eigenvalue weighted by atomic mass is 10.2. The smallest absolute Gasteiger partial charge is 0.239 e. The highest BCUT2D eigenvalue weighted by Gasteiger charge is 2.22. The van der Waals surface area contributed by atoms with Gasteiger partial charge in [0, 0.05) is 16.0 Å². The van der Waals surface area contributed by atoms with Gasteiger partial charge in [-0.3, -0.25) is 9.20 Å². The van der Waals surface area contributed by atoms with Crippen LogP contribution in [-0.4, -0.2) is 30.7 Å². The van der Waals surface area contributed by atoms with Crippen molar-refractivity contribution in [3.63, 3.8) is 0 Å². The van der Waals surface area contributed by atoms with Gasteiger partial charge in [-0.05, 0) is 42.1 Å². The molecule has 3 heterocycles. The van der Waals surface area contributed by atoms with Crippen molar-refractivity contribution >= 4 is 62.3 Å². The molecule has 3 aromatic heterocycles. The number of para-hydroxylation sites is 1. The Labute approximate surface area is 197 Å². The van der Waals surface area contributed by atoms with E-state index in [1.807, 2.05) is 77.4 Å². The summed E-state index contributed by atoms with van der Waals surface area (Å²) in [7, 11) is 0. The van der Waals surface area contributed by atoms with Crippen LogP contribution >= 0.6 is 34.7 Å². The van der Waals surface area contributed by atoms with Crippen LogP contribution < -0.4 is 5.32 Å². The fourth-order valence-corrected chi connectivity index (χ4v) is 5.23. The first kappa shape index (κ1) is 20.9. The maximum Gasteiger partial charge on any atom is 0.239 e. The number of benzene rings is 2. The molecule has 32 heavy (non-hydrogen) atoms. The van der Waals surface area contributed by atoms with Gasteiger partial charge >= 0.3 is 0 Å². The third-order valence-corrected chi connectivity index (χ3v) is 7.35. The summed E-state index contributed by atoms with van der Waals surface area (Å²) in [5, 5.41) is 16.2. The first-order valence-corrected chi connectivity index (χ1v) is 12.2. The number of carbonyl (C=O) groups excluding carboxylic acids is 1. The molecule has 0 bridgehead atoms. The number of rotatable bonds is 6. The number of anilines is 1. The molecule has 0 aliphatic heterocycles. The van der Waals surface area contributed by atoms with E-state index in [0.717, 1.165) is 27.8 Å². The molecule has 6 nitrogen and oxygen atoms in total. The van der Waals surface area contributed by atoms with E-state index in [0.29, 0.717) is 21.7 Å². The van der Waals surface area contributed by atoms with Crippen molar-refractivity contribution in [1.29, 1.82) is 0 Å². The van der Waals surface area contributed by atoms with Crippen LogP contribution in [0.15, 0.2) is 71.2 Å². The number of nitrogens with one attached hydrogen (secondary N) is 1. The molecule has 0 spiro atoms. The zero-order valence-corrected chi connectivity index (χ0v) is 19.4. The maximum absolute atomic E-state index is 13.0. The fraction of sp³-hybridized carbons (Fsp3) is 0.130. The van der Waals surface area contributed by atoms with Crippen LogP contribution in [0.4, 0.5) is 5.13 Å². The summed E-state index contributed by atoms with van der Waals surface area (Å²) in [6, 6.07) is 19.5. The third-order valence-electron chi connectivity index (χ3n) is 5.03. The molecule has 0 saturated carbocycles. The lowest BCUT2D eigenvalue weighted by Gasteiger charge is -2.13. The highest BCUT2D eigenvalue weighted by atomic mass is 35.5. The highest BCUT2D eigenvalue weighted by Crippen LogP contribution is 2.30. The Morgan fingerprint density at radius 2 is 1.94 bits per heavy atom. The Morgan fingerprint density at radius 3 is 2.75 bits per heavy atom. The van der Waals surface area contributed by atoms with Gasteiger partial charge in [0.2, 0.25) is 5.91 Å². The molecule has 1 N–H and O–H groups in total. The molecule has 0 saturated heterocycles. The average molecular weight is 480 g/mol. The second-order valence-corrected chi connectivity index (χ2v) is 9.58. The zero-order chi connectivity index (χ0) is 22.1. The van der Waals surface area contributed by atoms with Gasteiger partial charge in [0.25, 0.3) is 0 Å². The summed E-state index contributed by atoms with van der Waals surface area (Å²) in [5.41, 5.74) is 3.53. The number of hydrogen-bond donors (Lipinski definition) is 1. The topological polar surface area (TPSA) is 72.2 Å². The van der Waals surface area contributed by atoms with Crippen molar-refractivity contribution in [3.05, 3.63) is 71.1 Å². The van der Waals surface area contributed by atoms with Crippen LogP contribution in [0.2, 0.25) is 5.02 Å². The molecular weight excluding hydrogens is 462 g/mol. The van der Waals surface area contributed by atoms with E-state index in [4.69, 9.17) is 11.6 Å². The molecule has 5 aromatic rings. The summed E-state index contributed by atoms with van der Waals surface area (Å²) in [6.45, 7) is 1.99. The summed E-state index contributed by atoms with van der Waals surface area (Å²) < 4.78 is 2.00. The third kappa shape index (κ3) is 4.09. The second kappa shape index (κ2) is 8.90. The molecule has 1 amide bonds. The number of carbonyl (C=O) groups is 1. The van der Waals surface area contributed by atoms with Crippen LogP contribution in [0.1, 0.15) is 13.3 Å². The molecule has 5 rings (SSSR count). The lowest BCUT2D eigenvalue weighted by Crippen LogP contribution is -2.24. The van der Waals surface area contributed by atoms with Gasteiger partial charge in [0.1, 0.15) is 0 Å². The number of fused-ring (bicyclic) bond motifs is 3. The molecule has 0 fully saturated rings. The second-order valence-electron chi connectivity index (χ2n) is 7.12. The number of aromatic nitrogens is 4. The minimum absolute atomic E-state index is 0.105. The minimum Gasteiger partial charge on any atom is -0.301 e. The predicted molar refractivity (Wildman–Crippen MR) is 132 cm³/mol. The van der Waals surface area contributed by atoms with Crippen molar-refractivity contribution in [2.45, 2.75) is 23.8 Å². The van der Waals surface area contributed by atoms with Gasteiger partial charge in [-0.15, -0.1) is 21.5 Å². The molecule has 2 aromatic carbocycles. The molecule has 160 valence electrons. The number of thiazole rings is 1. The first-order valence-electron chi connectivity index (χ1n) is 10.0. The largest absolute Gasteiger partial charge is 0.301 e. The molecule has 9 heteroatoms. The number of halogens is 1. The summed E-state index contributed by atoms with van der Waals surface area (Å²) in [6.07, 6.45) is 0.644. The van der Waals surface area contributed by atoms with E-state index in [9.17, 15) is 4.79 Å². The monoisotopic (exact) mass is 479 g/mol. The van der Waals surface area contributed by atoms with Crippen molar-refractivity contribution in [2.24, 2.45) is 0 Å². The van der Waals surface area contributed by atoms with Gasteiger partial charge in [0.15, 0.2) is 15.9 Å². The van der Waals surface area contributed by atoms with Crippen molar-refractivity contribution in [3.8, 4) is 11.3 Å². The number of amides is 1. The minimum atomic E-state index is -0.329. The Hall–Kier alpha value is -2.94. The average Bonchev–Trinajstić information content (AvgIpc) is 3.45. The summed E-state index contributed by atoms with van der Waals surface area (Å²) >= 11 is 8.77. The molecular formula is C23H18ClN5OS2. The number of nitrogens with zero attached hydrogens (tertiary/aromatic N) is 4. The SMILES string of the molecule is CCC(Sc1nnc2ccc3ccccc3n12)C(=O)Nc1nc(-c2ccc(Cl)cc2)cs1. The number of pyridine rings is 1. The molecule has 0 aliphatic rings. The Morgan fingerprint density at radius 1 is 1.12 bits per heavy atom. The van der Waals surface area contributed by atoms with E-state index in [-0.39, 0.29) is 11.2 Å². The lowest BCUT2D eigenvalue weighted by molar-refractivity contribution is -0.115. The highest BCUT2D eigenvalue weighted by molar-refractivity contribution is 8.00. The number of hydrogen-bond acceptors (Lipinski definition) is 6. The van der Waals surface area contributed by atoms with Crippen LogP contribution in [-0.2, 0) is 4.79 Å². The van der Waals surface area contributed by atoms with Gasteiger partial charge < -0.3 is 5.32 Å². The Balaban J connectivity index is 1.36. The number of thioether (sulfide) groups is 1.